The Bertz CT molecular complexity index is 483. The van der Waals surface area contributed by atoms with Gasteiger partial charge in [-0.25, -0.2) is 0 Å². The molecule has 0 bridgehead atoms. The maximum Gasteiger partial charge on any atom is 0.305 e. The summed E-state index contributed by atoms with van der Waals surface area (Å²) in [7, 11) is 1.39. The maximum absolute atomic E-state index is 11.1. The van der Waals surface area contributed by atoms with Crippen LogP contribution in [0, 0.1) is 11.8 Å². The number of hydrogen-bond donors (Lipinski definition) is 3. The number of methoxy groups -OCH3 is 1. The summed E-state index contributed by atoms with van der Waals surface area (Å²) in [6, 6.07) is 0. The van der Waals surface area contributed by atoms with E-state index < -0.39 is 17.8 Å². The topological polar surface area (TPSA) is 87.0 Å². The van der Waals surface area contributed by atoms with Crippen LogP contribution in [-0.4, -0.2) is 46.2 Å². The molecule has 5 atom stereocenters. The summed E-state index contributed by atoms with van der Waals surface area (Å²) in [6.45, 7) is 3.93. The first kappa shape index (κ1) is 23.9. The van der Waals surface area contributed by atoms with Crippen molar-refractivity contribution >= 4 is 5.97 Å². The molecule has 0 radical (unpaired) electrons. The standard InChI is InChI=1S/C22H38O5/c1-4-5-10-14-22(2,26)15-13-18-17(19(23)16-20(18)24)11-8-6-7-9-12-21(25)27-3/h6,8,13,15,17-20,23-24,26H,4-5,7,9-12,14,16H2,1-3H3/b8-6-,15-13+/t17-,18+,19-,20-,22+/m1/s1. The molecule has 0 unspecified atom stereocenters. The van der Waals surface area contributed by atoms with Crippen molar-refractivity contribution in [2.45, 2.75) is 89.4 Å². The fraction of sp³-hybridized carbons (Fsp3) is 0.773. The molecular formula is C22H38O5. The molecule has 0 aromatic rings. The van der Waals surface area contributed by atoms with E-state index in [1.54, 1.807) is 13.0 Å². The molecule has 1 aliphatic rings. The van der Waals surface area contributed by atoms with Crippen LogP contribution in [0.3, 0.4) is 0 Å². The first-order valence-corrected chi connectivity index (χ1v) is 10.3. The van der Waals surface area contributed by atoms with Gasteiger partial charge in [-0.1, -0.05) is 50.5 Å². The van der Waals surface area contributed by atoms with Crippen LogP contribution in [0.2, 0.25) is 0 Å². The summed E-state index contributed by atoms with van der Waals surface area (Å²) in [5.74, 6) is -0.411. The molecule has 3 N–H and O–H groups in total. The van der Waals surface area contributed by atoms with Crippen molar-refractivity contribution in [1.29, 1.82) is 0 Å². The van der Waals surface area contributed by atoms with E-state index in [1.165, 1.54) is 7.11 Å². The number of allylic oxidation sites excluding steroid dienone is 2. The zero-order valence-electron chi connectivity index (χ0n) is 17.1. The van der Waals surface area contributed by atoms with Gasteiger partial charge >= 0.3 is 5.97 Å². The number of aliphatic hydroxyl groups excluding tert-OH is 2. The van der Waals surface area contributed by atoms with Crippen molar-refractivity contribution in [1.82, 2.24) is 0 Å². The molecule has 0 saturated heterocycles. The van der Waals surface area contributed by atoms with E-state index in [1.807, 2.05) is 18.2 Å². The van der Waals surface area contributed by atoms with Crippen molar-refractivity contribution in [2.75, 3.05) is 7.11 Å². The van der Waals surface area contributed by atoms with E-state index in [9.17, 15) is 20.1 Å². The molecular weight excluding hydrogens is 344 g/mol. The lowest BCUT2D eigenvalue weighted by Crippen LogP contribution is -2.24. The van der Waals surface area contributed by atoms with Gasteiger partial charge in [0.25, 0.3) is 0 Å². The Balaban J connectivity index is 2.54. The molecule has 0 aromatic heterocycles. The number of hydrogen-bond acceptors (Lipinski definition) is 5. The molecule has 0 amide bonds. The van der Waals surface area contributed by atoms with Crippen LogP contribution < -0.4 is 0 Å². The van der Waals surface area contributed by atoms with Gasteiger partial charge in [-0.05, 0) is 38.5 Å². The first-order valence-electron chi connectivity index (χ1n) is 10.3. The molecule has 27 heavy (non-hydrogen) atoms. The first-order chi connectivity index (χ1) is 12.8. The fourth-order valence-corrected chi connectivity index (χ4v) is 3.68. The SMILES string of the molecule is CCCCC[C@](C)(O)/C=C/[C@H]1[C@@H](C/C=C\CCCC(=O)OC)[C@H](O)C[C@H]1O. The summed E-state index contributed by atoms with van der Waals surface area (Å²) in [4.78, 5) is 11.1. The zero-order chi connectivity index (χ0) is 20.3. The number of carbonyl (C=O) groups excluding carboxylic acids is 1. The van der Waals surface area contributed by atoms with Crippen LogP contribution in [0.15, 0.2) is 24.3 Å². The molecule has 1 saturated carbocycles. The van der Waals surface area contributed by atoms with E-state index in [0.717, 1.165) is 32.1 Å². The molecule has 156 valence electrons. The number of aliphatic hydroxyl groups is 3. The van der Waals surface area contributed by atoms with Gasteiger partial charge in [-0.2, -0.15) is 0 Å². The molecule has 1 fully saturated rings. The molecule has 1 aliphatic carbocycles. The summed E-state index contributed by atoms with van der Waals surface area (Å²) in [5.41, 5.74) is -0.878. The van der Waals surface area contributed by atoms with E-state index >= 15 is 0 Å². The zero-order valence-corrected chi connectivity index (χ0v) is 17.1. The normalized spacial score (nSPS) is 28.1. The lowest BCUT2D eigenvalue weighted by atomic mass is 9.88. The highest BCUT2D eigenvalue weighted by Gasteiger charge is 2.39. The average Bonchev–Trinajstić information content (AvgIpc) is 2.89. The number of unbranched alkanes of at least 4 members (excludes halogenated alkanes) is 3. The lowest BCUT2D eigenvalue weighted by Gasteiger charge is -2.23. The smallest absolute Gasteiger partial charge is 0.305 e. The van der Waals surface area contributed by atoms with Gasteiger partial charge in [-0.15, -0.1) is 0 Å². The predicted molar refractivity (Wildman–Crippen MR) is 107 cm³/mol. The van der Waals surface area contributed by atoms with Gasteiger partial charge in [0.1, 0.15) is 0 Å². The Morgan fingerprint density at radius 1 is 1.19 bits per heavy atom. The van der Waals surface area contributed by atoms with Crippen molar-refractivity contribution in [3.05, 3.63) is 24.3 Å². The summed E-state index contributed by atoms with van der Waals surface area (Å²) >= 11 is 0. The van der Waals surface area contributed by atoms with Gasteiger partial charge < -0.3 is 20.1 Å². The Labute approximate surface area is 164 Å². The van der Waals surface area contributed by atoms with Crippen LogP contribution in [0.5, 0.6) is 0 Å². The summed E-state index contributed by atoms with van der Waals surface area (Å²) in [5, 5.41) is 31.1. The van der Waals surface area contributed by atoms with Crippen molar-refractivity contribution < 1.29 is 24.9 Å². The van der Waals surface area contributed by atoms with Crippen LogP contribution in [0.1, 0.15) is 71.6 Å². The summed E-state index contributed by atoms with van der Waals surface area (Å²) in [6.07, 6.45) is 13.4. The minimum absolute atomic E-state index is 0.0560. The molecule has 0 spiro atoms. The highest BCUT2D eigenvalue weighted by atomic mass is 16.5. The van der Waals surface area contributed by atoms with Crippen LogP contribution in [0.4, 0.5) is 0 Å². The predicted octanol–water partition coefficient (Wildman–Crippen LogP) is 3.52. The number of ether oxygens (including phenoxy) is 1. The monoisotopic (exact) mass is 382 g/mol. The van der Waals surface area contributed by atoms with Crippen molar-refractivity contribution in [2.24, 2.45) is 11.8 Å². The molecule has 1 rings (SSSR count). The Hall–Kier alpha value is -1.17. The van der Waals surface area contributed by atoms with Gasteiger partial charge in [-0.3, -0.25) is 4.79 Å². The highest BCUT2D eigenvalue weighted by Crippen LogP contribution is 2.37. The molecule has 5 nitrogen and oxygen atoms in total. The fourth-order valence-electron chi connectivity index (χ4n) is 3.68. The van der Waals surface area contributed by atoms with E-state index in [4.69, 9.17) is 0 Å². The molecule has 0 aromatic carbocycles. The second kappa shape index (κ2) is 12.3. The largest absolute Gasteiger partial charge is 0.469 e. The van der Waals surface area contributed by atoms with Crippen molar-refractivity contribution in [3.63, 3.8) is 0 Å². The Morgan fingerprint density at radius 2 is 1.93 bits per heavy atom. The third kappa shape index (κ3) is 9.04. The molecule has 0 aliphatic heterocycles. The molecule has 5 heteroatoms. The minimum Gasteiger partial charge on any atom is -0.469 e. The minimum atomic E-state index is -0.878. The Morgan fingerprint density at radius 3 is 2.59 bits per heavy atom. The van der Waals surface area contributed by atoms with Gasteiger partial charge in [0, 0.05) is 18.8 Å². The third-order valence-corrected chi connectivity index (χ3v) is 5.43. The lowest BCUT2D eigenvalue weighted by molar-refractivity contribution is -0.140. The average molecular weight is 383 g/mol. The number of carbonyl (C=O) groups is 1. The summed E-state index contributed by atoms with van der Waals surface area (Å²) < 4.78 is 4.61. The Kier molecular flexibility index (Phi) is 10.9. The van der Waals surface area contributed by atoms with Gasteiger partial charge in [0.15, 0.2) is 0 Å². The highest BCUT2D eigenvalue weighted by molar-refractivity contribution is 5.69. The second-order valence-electron chi connectivity index (χ2n) is 7.96. The van der Waals surface area contributed by atoms with E-state index in [2.05, 4.69) is 11.7 Å². The van der Waals surface area contributed by atoms with Crippen molar-refractivity contribution in [3.8, 4) is 0 Å². The van der Waals surface area contributed by atoms with Crippen LogP contribution in [0.25, 0.3) is 0 Å². The van der Waals surface area contributed by atoms with Gasteiger partial charge in [0.05, 0.1) is 24.9 Å². The second-order valence-corrected chi connectivity index (χ2v) is 7.96. The third-order valence-electron chi connectivity index (χ3n) is 5.43. The van der Waals surface area contributed by atoms with E-state index in [0.29, 0.717) is 25.7 Å². The molecule has 0 heterocycles. The van der Waals surface area contributed by atoms with E-state index in [-0.39, 0.29) is 17.8 Å². The van der Waals surface area contributed by atoms with Crippen LogP contribution in [-0.2, 0) is 9.53 Å². The number of rotatable bonds is 12. The van der Waals surface area contributed by atoms with Gasteiger partial charge in [0.2, 0.25) is 0 Å². The quantitative estimate of drug-likeness (QED) is 0.273. The maximum atomic E-state index is 11.1. The van der Waals surface area contributed by atoms with Crippen LogP contribution >= 0.6 is 0 Å². The number of esters is 1.